The molecule has 0 radical (unpaired) electrons. The van der Waals surface area contributed by atoms with Gasteiger partial charge in [-0.2, -0.15) is 5.10 Å². The third-order valence-electron chi connectivity index (χ3n) is 3.10. The maximum Gasteiger partial charge on any atom is 0.254 e. The first-order chi connectivity index (χ1) is 8.15. The van der Waals surface area contributed by atoms with Crippen LogP contribution in [-0.4, -0.2) is 46.2 Å². The van der Waals surface area contributed by atoms with Crippen LogP contribution in [-0.2, 0) is 11.8 Å². The molecule has 2 heterocycles. The lowest BCUT2D eigenvalue weighted by atomic mass is 9.90. The summed E-state index contributed by atoms with van der Waals surface area (Å²) >= 11 is 0. The van der Waals surface area contributed by atoms with E-state index in [1.807, 2.05) is 0 Å². The summed E-state index contributed by atoms with van der Waals surface area (Å²) in [5.74, 6) is -0.200. The number of aliphatic hydroxyl groups excluding tert-OH is 1. The maximum absolute atomic E-state index is 12.0. The van der Waals surface area contributed by atoms with Gasteiger partial charge in [-0.05, 0) is 12.8 Å². The van der Waals surface area contributed by atoms with Crippen LogP contribution in [0.1, 0.15) is 23.2 Å². The minimum atomic E-state index is -0.550. The first-order valence-electron chi connectivity index (χ1n) is 5.65. The van der Waals surface area contributed by atoms with Gasteiger partial charge in [-0.1, -0.05) is 0 Å². The summed E-state index contributed by atoms with van der Waals surface area (Å²) in [5, 5.41) is 16.3. The van der Waals surface area contributed by atoms with Crippen LogP contribution in [0.5, 0.6) is 0 Å². The molecular formula is C11H17N3O3. The van der Waals surface area contributed by atoms with Gasteiger partial charge in [0.25, 0.3) is 5.91 Å². The Labute approximate surface area is 99.6 Å². The standard InChI is InChI=1S/C11H17N3O3/c1-14-7-9(6-12-14)10(16)13-11(8-15)2-4-17-5-3-11/h6-7,15H,2-5,8H2,1H3,(H,13,16). The minimum Gasteiger partial charge on any atom is -0.394 e. The zero-order chi connectivity index (χ0) is 12.3. The minimum absolute atomic E-state index is 0.0671. The fourth-order valence-corrected chi connectivity index (χ4v) is 1.94. The SMILES string of the molecule is Cn1cc(C(=O)NC2(CO)CCOCC2)cn1. The Morgan fingerprint density at radius 2 is 2.35 bits per heavy atom. The van der Waals surface area contributed by atoms with Crippen LogP contribution in [0.4, 0.5) is 0 Å². The van der Waals surface area contributed by atoms with E-state index in [1.165, 1.54) is 6.20 Å². The summed E-state index contributed by atoms with van der Waals surface area (Å²) < 4.78 is 6.81. The van der Waals surface area contributed by atoms with Crippen molar-refractivity contribution in [2.24, 2.45) is 7.05 Å². The number of aromatic nitrogens is 2. The molecule has 0 aliphatic carbocycles. The Morgan fingerprint density at radius 3 is 2.88 bits per heavy atom. The van der Waals surface area contributed by atoms with Crippen molar-refractivity contribution in [3.63, 3.8) is 0 Å². The van der Waals surface area contributed by atoms with E-state index in [-0.39, 0.29) is 12.5 Å². The highest BCUT2D eigenvalue weighted by molar-refractivity contribution is 5.94. The lowest BCUT2D eigenvalue weighted by molar-refractivity contribution is 0.0125. The Hall–Kier alpha value is -1.40. The van der Waals surface area contributed by atoms with Gasteiger partial charge >= 0.3 is 0 Å². The zero-order valence-corrected chi connectivity index (χ0v) is 9.85. The molecule has 2 N–H and O–H groups in total. The first-order valence-corrected chi connectivity index (χ1v) is 5.65. The van der Waals surface area contributed by atoms with E-state index in [2.05, 4.69) is 10.4 Å². The molecule has 6 heteroatoms. The van der Waals surface area contributed by atoms with E-state index >= 15 is 0 Å². The zero-order valence-electron chi connectivity index (χ0n) is 9.85. The fraction of sp³-hybridized carbons (Fsp3) is 0.636. The van der Waals surface area contributed by atoms with Gasteiger partial charge in [0.1, 0.15) is 0 Å². The summed E-state index contributed by atoms with van der Waals surface area (Å²) in [4.78, 5) is 12.0. The number of aliphatic hydroxyl groups is 1. The summed E-state index contributed by atoms with van der Waals surface area (Å²) in [5.41, 5.74) is -0.0441. The predicted molar refractivity (Wildman–Crippen MR) is 60.5 cm³/mol. The molecule has 1 aromatic heterocycles. The summed E-state index contributed by atoms with van der Waals surface area (Å²) in [7, 11) is 1.76. The Morgan fingerprint density at radius 1 is 1.65 bits per heavy atom. The van der Waals surface area contributed by atoms with Crippen molar-refractivity contribution >= 4 is 5.91 Å². The highest BCUT2D eigenvalue weighted by Gasteiger charge is 2.33. The van der Waals surface area contributed by atoms with Crippen LogP contribution in [0.25, 0.3) is 0 Å². The van der Waals surface area contributed by atoms with Crippen LogP contribution >= 0.6 is 0 Å². The van der Waals surface area contributed by atoms with Gasteiger partial charge in [0.05, 0.1) is 23.9 Å². The molecular weight excluding hydrogens is 222 g/mol. The lowest BCUT2D eigenvalue weighted by Gasteiger charge is -2.36. The van der Waals surface area contributed by atoms with E-state index in [0.29, 0.717) is 31.6 Å². The van der Waals surface area contributed by atoms with Crippen molar-refractivity contribution < 1.29 is 14.6 Å². The number of carbonyl (C=O) groups excluding carboxylic acids is 1. The molecule has 0 aromatic carbocycles. The molecule has 94 valence electrons. The van der Waals surface area contributed by atoms with E-state index in [1.54, 1.807) is 17.9 Å². The Kier molecular flexibility index (Phi) is 3.44. The highest BCUT2D eigenvalue weighted by Crippen LogP contribution is 2.20. The normalized spacial score (nSPS) is 18.9. The average molecular weight is 239 g/mol. The largest absolute Gasteiger partial charge is 0.394 e. The number of nitrogens with one attached hydrogen (secondary N) is 1. The lowest BCUT2D eigenvalue weighted by Crippen LogP contribution is -2.54. The number of rotatable bonds is 3. The Bertz CT molecular complexity index is 396. The topological polar surface area (TPSA) is 76.4 Å². The fourth-order valence-electron chi connectivity index (χ4n) is 1.94. The third-order valence-corrected chi connectivity index (χ3v) is 3.10. The predicted octanol–water partition coefficient (Wildman–Crippen LogP) is -0.309. The second-order valence-electron chi connectivity index (χ2n) is 4.41. The number of aryl methyl sites for hydroxylation is 1. The molecule has 1 amide bonds. The van der Waals surface area contributed by atoms with Crippen LogP contribution in [0.2, 0.25) is 0 Å². The van der Waals surface area contributed by atoms with Crippen molar-refractivity contribution in [2.75, 3.05) is 19.8 Å². The molecule has 0 bridgehead atoms. The molecule has 1 saturated heterocycles. The van der Waals surface area contributed by atoms with E-state index in [0.717, 1.165) is 0 Å². The van der Waals surface area contributed by atoms with Gasteiger partial charge in [0.2, 0.25) is 0 Å². The molecule has 17 heavy (non-hydrogen) atoms. The second kappa shape index (κ2) is 4.85. The molecule has 6 nitrogen and oxygen atoms in total. The quantitative estimate of drug-likeness (QED) is 0.758. The van der Waals surface area contributed by atoms with E-state index in [9.17, 15) is 9.90 Å². The highest BCUT2D eigenvalue weighted by atomic mass is 16.5. The van der Waals surface area contributed by atoms with Gasteiger partial charge in [-0.25, -0.2) is 0 Å². The van der Waals surface area contributed by atoms with Crippen LogP contribution in [0.15, 0.2) is 12.4 Å². The Balaban J connectivity index is 2.05. The van der Waals surface area contributed by atoms with Gasteiger partial charge in [-0.15, -0.1) is 0 Å². The van der Waals surface area contributed by atoms with Gasteiger partial charge in [0, 0.05) is 26.5 Å². The van der Waals surface area contributed by atoms with Crippen LogP contribution in [0.3, 0.4) is 0 Å². The first kappa shape index (κ1) is 12.1. The smallest absolute Gasteiger partial charge is 0.254 e. The van der Waals surface area contributed by atoms with Crippen LogP contribution in [0, 0.1) is 0 Å². The number of carbonyl (C=O) groups is 1. The average Bonchev–Trinajstić information content (AvgIpc) is 2.77. The number of nitrogens with zero attached hydrogens (tertiary/aromatic N) is 2. The molecule has 1 aliphatic heterocycles. The molecule has 0 spiro atoms. The summed E-state index contributed by atoms with van der Waals surface area (Å²) in [6.07, 6.45) is 4.43. The molecule has 2 rings (SSSR count). The number of amides is 1. The molecule has 1 aliphatic rings. The van der Waals surface area contributed by atoms with Gasteiger partial charge in [0.15, 0.2) is 0 Å². The van der Waals surface area contributed by atoms with Crippen molar-refractivity contribution in [1.29, 1.82) is 0 Å². The van der Waals surface area contributed by atoms with Crippen LogP contribution < -0.4 is 5.32 Å². The number of ether oxygens (including phenoxy) is 1. The second-order valence-corrected chi connectivity index (χ2v) is 4.41. The molecule has 0 unspecified atom stereocenters. The van der Waals surface area contributed by atoms with Crippen molar-refractivity contribution in [3.05, 3.63) is 18.0 Å². The summed E-state index contributed by atoms with van der Waals surface area (Å²) in [6.45, 7) is 1.06. The van der Waals surface area contributed by atoms with E-state index < -0.39 is 5.54 Å². The van der Waals surface area contributed by atoms with Gasteiger partial charge < -0.3 is 15.2 Å². The molecule has 1 aromatic rings. The maximum atomic E-state index is 12.0. The summed E-state index contributed by atoms with van der Waals surface area (Å²) in [6, 6.07) is 0. The number of hydrogen-bond donors (Lipinski definition) is 2. The third kappa shape index (κ3) is 2.65. The molecule has 0 atom stereocenters. The molecule has 1 fully saturated rings. The van der Waals surface area contributed by atoms with Gasteiger partial charge in [-0.3, -0.25) is 9.48 Å². The van der Waals surface area contributed by atoms with Crippen molar-refractivity contribution in [2.45, 2.75) is 18.4 Å². The van der Waals surface area contributed by atoms with E-state index in [4.69, 9.17) is 4.74 Å². The van der Waals surface area contributed by atoms with Crippen molar-refractivity contribution in [1.82, 2.24) is 15.1 Å². The molecule has 0 saturated carbocycles. The van der Waals surface area contributed by atoms with Crippen molar-refractivity contribution in [3.8, 4) is 0 Å². The monoisotopic (exact) mass is 239 g/mol. The number of hydrogen-bond acceptors (Lipinski definition) is 4.